The van der Waals surface area contributed by atoms with Crippen LogP contribution in [0, 0.1) is 5.92 Å². The van der Waals surface area contributed by atoms with Crippen LogP contribution in [0.2, 0.25) is 0 Å². The van der Waals surface area contributed by atoms with E-state index in [1.54, 1.807) is 0 Å². The molecule has 0 unspecified atom stereocenters. The van der Waals surface area contributed by atoms with Gasteiger partial charge >= 0.3 is 6.09 Å². The van der Waals surface area contributed by atoms with Crippen molar-refractivity contribution in [3.05, 3.63) is 0 Å². The summed E-state index contributed by atoms with van der Waals surface area (Å²) < 4.78 is 11.2. The standard InChI is InChI=1S/C14H26N2O3/c1-14(2,3)19-13(17)16-11-6-9-18-12(11)10-4-7-15-8-5-10/h10-12,15H,4-9H2,1-3H3,(H,16,17)/t11-,12+/m0/s1. The Labute approximate surface area is 115 Å². The minimum absolute atomic E-state index is 0.0953. The molecule has 110 valence electrons. The average molecular weight is 270 g/mol. The van der Waals surface area contributed by atoms with Crippen molar-refractivity contribution in [3.8, 4) is 0 Å². The van der Waals surface area contributed by atoms with Gasteiger partial charge in [0.05, 0.1) is 12.1 Å². The molecule has 0 aliphatic carbocycles. The molecule has 5 heteroatoms. The molecule has 0 spiro atoms. The lowest BCUT2D eigenvalue weighted by Crippen LogP contribution is -2.47. The van der Waals surface area contributed by atoms with Crippen molar-refractivity contribution < 1.29 is 14.3 Å². The van der Waals surface area contributed by atoms with Crippen LogP contribution in [0.1, 0.15) is 40.0 Å². The molecule has 0 bridgehead atoms. The van der Waals surface area contributed by atoms with Gasteiger partial charge in [0.25, 0.3) is 0 Å². The van der Waals surface area contributed by atoms with Crippen molar-refractivity contribution in [1.29, 1.82) is 0 Å². The summed E-state index contributed by atoms with van der Waals surface area (Å²) in [6, 6.07) is 0.0953. The molecule has 2 fully saturated rings. The Morgan fingerprint density at radius 3 is 2.58 bits per heavy atom. The minimum atomic E-state index is -0.451. The predicted octanol–water partition coefficient (Wildman–Crippen LogP) is 1.67. The second-order valence-electron chi connectivity index (χ2n) is 6.46. The van der Waals surface area contributed by atoms with Gasteiger partial charge in [0.1, 0.15) is 5.60 Å². The predicted molar refractivity (Wildman–Crippen MR) is 73.1 cm³/mol. The van der Waals surface area contributed by atoms with Crippen molar-refractivity contribution >= 4 is 6.09 Å². The molecule has 5 nitrogen and oxygen atoms in total. The Morgan fingerprint density at radius 1 is 1.26 bits per heavy atom. The lowest BCUT2D eigenvalue weighted by atomic mass is 9.88. The number of carbonyl (C=O) groups excluding carboxylic acids is 1. The van der Waals surface area contributed by atoms with E-state index < -0.39 is 5.60 Å². The first-order valence-electron chi connectivity index (χ1n) is 7.27. The van der Waals surface area contributed by atoms with Gasteiger partial charge in [0, 0.05) is 6.61 Å². The third-order valence-electron chi connectivity index (χ3n) is 3.69. The maximum Gasteiger partial charge on any atom is 0.407 e. The monoisotopic (exact) mass is 270 g/mol. The van der Waals surface area contributed by atoms with Crippen molar-refractivity contribution in [2.45, 2.75) is 57.8 Å². The van der Waals surface area contributed by atoms with Crippen LogP contribution < -0.4 is 10.6 Å². The van der Waals surface area contributed by atoms with E-state index in [9.17, 15) is 4.79 Å². The molecule has 2 rings (SSSR count). The molecule has 2 atom stereocenters. The molecular weight excluding hydrogens is 244 g/mol. The smallest absolute Gasteiger partial charge is 0.407 e. The van der Waals surface area contributed by atoms with Crippen LogP contribution >= 0.6 is 0 Å². The van der Waals surface area contributed by atoms with E-state index >= 15 is 0 Å². The summed E-state index contributed by atoms with van der Waals surface area (Å²) in [6.45, 7) is 8.45. The largest absolute Gasteiger partial charge is 0.444 e. The van der Waals surface area contributed by atoms with Gasteiger partial charge in [-0.25, -0.2) is 4.79 Å². The van der Waals surface area contributed by atoms with Crippen LogP contribution in [0.15, 0.2) is 0 Å². The van der Waals surface area contributed by atoms with E-state index in [1.165, 1.54) is 0 Å². The number of piperidine rings is 1. The van der Waals surface area contributed by atoms with E-state index in [0.717, 1.165) is 39.0 Å². The van der Waals surface area contributed by atoms with Crippen LogP contribution in [0.3, 0.4) is 0 Å². The van der Waals surface area contributed by atoms with Gasteiger partial charge in [-0.1, -0.05) is 0 Å². The van der Waals surface area contributed by atoms with Gasteiger partial charge < -0.3 is 20.1 Å². The number of amides is 1. The Hall–Kier alpha value is -0.810. The van der Waals surface area contributed by atoms with Gasteiger partial charge in [-0.3, -0.25) is 0 Å². The fourth-order valence-corrected chi connectivity index (χ4v) is 2.86. The molecular formula is C14H26N2O3. The molecule has 2 N–H and O–H groups in total. The molecule has 2 saturated heterocycles. The highest BCUT2D eigenvalue weighted by Crippen LogP contribution is 2.27. The molecule has 0 saturated carbocycles. The molecule has 19 heavy (non-hydrogen) atoms. The zero-order valence-corrected chi connectivity index (χ0v) is 12.2. The Kier molecular flexibility index (Phi) is 4.68. The highest BCUT2D eigenvalue weighted by molar-refractivity contribution is 5.68. The number of nitrogens with one attached hydrogen (secondary N) is 2. The third kappa shape index (κ3) is 4.35. The van der Waals surface area contributed by atoms with Gasteiger partial charge in [0.15, 0.2) is 0 Å². The number of carbonyl (C=O) groups is 1. The first-order valence-corrected chi connectivity index (χ1v) is 7.27. The number of hydrogen-bond acceptors (Lipinski definition) is 4. The summed E-state index contributed by atoms with van der Waals surface area (Å²) >= 11 is 0. The molecule has 2 aliphatic rings. The zero-order valence-electron chi connectivity index (χ0n) is 12.2. The van der Waals surface area contributed by atoms with Crippen LogP contribution in [-0.4, -0.2) is 43.5 Å². The molecule has 2 heterocycles. The maximum atomic E-state index is 11.8. The summed E-state index contributed by atoms with van der Waals surface area (Å²) in [5, 5.41) is 6.33. The number of hydrogen-bond donors (Lipinski definition) is 2. The van der Waals surface area contributed by atoms with E-state index in [1.807, 2.05) is 20.8 Å². The Balaban J connectivity index is 1.86. The fourth-order valence-electron chi connectivity index (χ4n) is 2.86. The van der Waals surface area contributed by atoms with E-state index in [0.29, 0.717) is 5.92 Å². The summed E-state index contributed by atoms with van der Waals surface area (Å²) in [5.74, 6) is 0.545. The van der Waals surface area contributed by atoms with Gasteiger partial charge in [-0.15, -0.1) is 0 Å². The zero-order chi connectivity index (χ0) is 13.9. The van der Waals surface area contributed by atoms with Crippen molar-refractivity contribution in [2.75, 3.05) is 19.7 Å². The summed E-state index contributed by atoms with van der Waals surface area (Å²) in [7, 11) is 0. The summed E-state index contributed by atoms with van der Waals surface area (Å²) in [6.07, 6.45) is 2.94. The van der Waals surface area contributed by atoms with Crippen LogP contribution in [0.25, 0.3) is 0 Å². The SMILES string of the molecule is CC(C)(C)OC(=O)N[C@H]1CCO[C@@H]1C1CCNCC1. The van der Waals surface area contributed by atoms with Crippen molar-refractivity contribution in [3.63, 3.8) is 0 Å². The first kappa shape index (κ1) is 14.6. The normalized spacial score (nSPS) is 29.2. The van der Waals surface area contributed by atoms with Crippen molar-refractivity contribution in [1.82, 2.24) is 10.6 Å². The lowest BCUT2D eigenvalue weighted by Gasteiger charge is -2.31. The Morgan fingerprint density at radius 2 is 1.95 bits per heavy atom. The number of ether oxygens (including phenoxy) is 2. The third-order valence-corrected chi connectivity index (χ3v) is 3.69. The van der Waals surface area contributed by atoms with Gasteiger partial charge in [-0.2, -0.15) is 0 Å². The molecule has 0 radical (unpaired) electrons. The van der Waals surface area contributed by atoms with Crippen LogP contribution in [-0.2, 0) is 9.47 Å². The first-order chi connectivity index (χ1) is 8.96. The van der Waals surface area contributed by atoms with Crippen LogP contribution in [0.4, 0.5) is 4.79 Å². The molecule has 0 aromatic heterocycles. The molecule has 1 amide bonds. The van der Waals surface area contributed by atoms with Crippen LogP contribution in [0.5, 0.6) is 0 Å². The highest BCUT2D eigenvalue weighted by Gasteiger charge is 2.36. The summed E-state index contributed by atoms with van der Waals surface area (Å²) in [4.78, 5) is 11.8. The lowest BCUT2D eigenvalue weighted by molar-refractivity contribution is 0.0258. The number of alkyl carbamates (subject to hydrolysis) is 1. The molecule has 0 aromatic rings. The van der Waals surface area contributed by atoms with E-state index in [4.69, 9.17) is 9.47 Å². The average Bonchev–Trinajstić information content (AvgIpc) is 2.75. The van der Waals surface area contributed by atoms with Crippen molar-refractivity contribution in [2.24, 2.45) is 5.92 Å². The highest BCUT2D eigenvalue weighted by atomic mass is 16.6. The maximum absolute atomic E-state index is 11.8. The second kappa shape index (κ2) is 6.09. The fraction of sp³-hybridized carbons (Fsp3) is 0.929. The minimum Gasteiger partial charge on any atom is -0.444 e. The summed E-state index contributed by atoms with van der Waals surface area (Å²) in [5.41, 5.74) is -0.451. The Bertz CT molecular complexity index is 308. The van der Waals surface area contributed by atoms with Gasteiger partial charge in [-0.05, 0) is 59.0 Å². The van der Waals surface area contributed by atoms with E-state index in [2.05, 4.69) is 10.6 Å². The molecule has 0 aromatic carbocycles. The van der Waals surface area contributed by atoms with Gasteiger partial charge in [0.2, 0.25) is 0 Å². The van der Waals surface area contributed by atoms with E-state index in [-0.39, 0.29) is 18.2 Å². The number of rotatable bonds is 2. The quantitative estimate of drug-likeness (QED) is 0.801. The molecule has 2 aliphatic heterocycles. The topological polar surface area (TPSA) is 59.6 Å². The second-order valence-corrected chi connectivity index (χ2v) is 6.46.